The fourth-order valence-electron chi connectivity index (χ4n) is 4.10. The normalized spacial score (nSPS) is 18.6. The zero-order valence-corrected chi connectivity index (χ0v) is 17.4. The fourth-order valence-corrected chi connectivity index (χ4v) is 4.23. The number of nitrogens with two attached hydrogens (primary N) is 1. The topological polar surface area (TPSA) is 95.0 Å². The second-order valence-electron chi connectivity index (χ2n) is 7.39. The largest absolute Gasteiger partial charge is 0.330 e. The lowest BCUT2D eigenvalue weighted by Gasteiger charge is -2.28. The van der Waals surface area contributed by atoms with Gasteiger partial charge in [-0.2, -0.15) is 0 Å². The van der Waals surface area contributed by atoms with E-state index in [1.165, 1.54) is 0 Å². The van der Waals surface area contributed by atoms with Gasteiger partial charge in [0.15, 0.2) is 0 Å². The van der Waals surface area contributed by atoms with Gasteiger partial charge in [-0.3, -0.25) is 4.79 Å². The molecule has 0 saturated heterocycles. The minimum atomic E-state index is -0.262. The first-order valence-electron chi connectivity index (χ1n) is 9.53. The summed E-state index contributed by atoms with van der Waals surface area (Å²) in [5.74, 6) is 0.231. The molecule has 0 spiro atoms. The van der Waals surface area contributed by atoms with E-state index in [1.807, 2.05) is 42.5 Å². The molecule has 0 radical (unpaired) electrons. The van der Waals surface area contributed by atoms with Crippen molar-refractivity contribution in [2.75, 3.05) is 11.4 Å². The summed E-state index contributed by atoms with van der Waals surface area (Å²) in [6, 6.07) is 13.0. The standard InChI is InChI=1S/C21H23ClN4O2.ClH/c22-15-6-4-13(5-7-15)12-26(20(27)17-3-1-2-14(17)11-23)16-8-9-18-19(10-16)25-21(28)24-18;/h4-10,14,17H,1-3,11-12,23H2,(H2,24,25,28);1H/t14-,17-;/m1./s1. The number of aromatic amines is 2. The molecule has 29 heavy (non-hydrogen) atoms. The van der Waals surface area contributed by atoms with Crippen LogP contribution in [0.5, 0.6) is 0 Å². The van der Waals surface area contributed by atoms with Crippen LogP contribution in [0.1, 0.15) is 24.8 Å². The lowest BCUT2D eigenvalue weighted by molar-refractivity contribution is -0.123. The van der Waals surface area contributed by atoms with Crippen molar-refractivity contribution in [2.24, 2.45) is 17.6 Å². The van der Waals surface area contributed by atoms with Gasteiger partial charge in [0.25, 0.3) is 0 Å². The predicted octanol–water partition coefficient (Wildman–Crippen LogP) is 3.84. The Hall–Kier alpha value is -2.28. The van der Waals surface area contributed by atoms with Gasteiger partial charge in [0, 0.05) is 16.6 Å². The highest BCUT2D eigenvalue weighted by Crippen LogP contribution is 2.34. The monoisotopic (exact) mass is 434 g/mol. The number of carbonyl (C=O) groups excluding carboxylic acids is 1. The van der Waals surface area contributed by atoms with Crippen molar-refractivity contribution in [3.05, 3.63) is 63.5 Å². The molecule has 1 fully saturated rings. The number of imidazole rings is 1. The first-order chi connectivity index (χ1) is 13.5. The Kier molecular flexibility index (Phi) is 6.67. The molecule has 4 N–H and O–H groups in total. The number of fused-ring (bicyclic) bond motifs is 1. The number of aromatic nitrogens is 2. The number of anilines is 1. The fraction of sp³-hybridized carbons (Fsp3) is 0.333. The zero-order chi connectivity index (χ0) is 19.7. The maximum Gasteiger partial charge on any atom is 0.323 e. The second-order valence-corrected chi connectivity index (χ2v) is 7.83. The Morgan fingerprint density at radius 1 is 1.10 bits per heavy atom. The van der Waals surface area contributed by atoms with Crippen molar-refractivity contribution in [3.8, 4) is 0 Å². The van der Waals surface area contributed by atoms with Crippen molar-refractivity contribution in [1.29, 1.82) is 0 Å². The number of benzene rings is 2. The van der Waals surface area contributed by atoms with Gasteiger partial charge in [-0.05, 0) is 61.2 Å². The van der Waals surface area contributed by atoms with Gasteiger partial charge in [0.05, 0.1) is 17.6 Å². The number of nitrogens with zero attached hydrogens (tertiary/aromatic N) is 1. The van der Waals surface area contributed by atoms with Crippen molar-refractivity contribution >= 4 is 46.6 Å². The van der Waals surface area contributed by atoms with E-state index in [2.05, 4.69) is 9.97 Å². The summed E-state index contributed by atoms with van der Waals surface area (Å²) in [4.78, 5) is 32.4. The predicted molar refractivity (Wildman–Crippen MR) is 119 cm³/mol. The smallest absolute Gasteiger partial charge is 0.323 e. The second kappa shape index (κ2) is 9.03. The lowest BCUT2D eigenvalue weighted by atomic mass is 9.94. The molecule has 0 aliphatic heterocycles. The van der Waals surface area contributed by atoms with E-state index in [0.29, 0.717) is 29.1 Å². The third kappa shape index (κ3) is 4.50. The highest BCUT2D eigenvalue weighted by Gasteiger charge is 2.35. The average Bonchev–Trinajstić information content (AvgIpc) is 3.31. The maximum absolute atomic E-state index is 13.5. The first kappa shape index (κ1) is 21.4. The van der Waals surface area contributed by atoms with Crippen molar-refractivity contribution in [1.82, 2.24) is 9.97 Å². The lowest BCUT2D eigenvalue weighted by Crippen LogP contribution is -2.38. The van der Waals surface area contributed by atoms with Crippen LogP contribution >= 0.6 is 24.0 Å². The Labute approximate surface area is 179 Å². The molecule has 4 rings (SSSR count). The number of hydrogen-bond acceptors (Lipinski definition) is 3. The molecule has 2 atom stereocenters. The summed E-state index contributed by atoms with van der Waals surface area (Å²) in [6.45, 7) is 0.958. The van der Waals surface area contributed by atoms with E-state index >= 15 is 0 Å². The number of amides is 1. The van der Waals surface area contributed by atoms with Gasteiger partial charge < -0.3 is 20.6 Å². The van der Waals surface area contributed by atoms with Gasteiger partial charge in [0.1, 0.15) is 0 Å². The van der Waals surface area contributed by atoms with Crippen molar-refractivity contribution < 1.29 is 4.79 Å². The third-order valence-corrected chi connectivity index (χ3v) is 5.86. The minimum Gasteiger partial charge on any atom is -0.330 e. The molecule has 1 heterocycles. The molecule has 1 saturated carbocycles. The van der Waals surface area contributed by atoms with Crippen LogP contribution in [0, 0.1) is 11.8 Å². The summed E-state index contributed by atoms with van der Waals surface area (Å²) in [7, 11) is 0. The molecule has 1 aliphatic rings. The van der Waals surface area contributed by atoms with Crippen LogP contribution in [-0.2, 0) is 11.3 Å². The molecule has 1 amide bonds. The Morgan fingerprint density at radius 3 is 2.55 bits per heavy atom. The Bertz CT molecular complexity index is 1040. The van der Waals surface area contributed by atoms with Gasteiger partial charge >= 0.3 is 5.69 Å². The zero-order valence-electron chi connectivity index (χ0n) is 15.9. The highest BCUT2D eigenvalue weighted by atomic mass is 35.5. The molecular weight excluding hydrogens is 411 g/mol. The summed E-state index contributed by atoms with van der Waals surface area (Å²) < 4.78 is 0. The van der Waals surface area contributed by atoms with Gasteiger partial charge in [0.2, 0.25) is 5.91 Å². The number of carbonyl (C=O) groups is 1. The van der Waals surface area contributed by atoms with E-state index in [-0.39, 0.29) is 35.8 Å². The molecule has 8 heteroatoms. The maximum atomic E-state index is 13.5. The van der Waals surface area contributed by atoms with Gasteiger partial charge in [-0.15, -0.1) is 12.4 Å². The van der Waals surface area contributed by atoms with E-state index in [0.717, 1.165) is 30.5 Å². The molecular formula is C21H24Cl2N4O2. The van der Waals surface area contributed by atoms with Crippen LogP contribution in [0.4, 0.5) is 5.69 Å². The van der Waals surface area contributed by atoms with Gasteiger partial charge in [-0.1, -0.05) is 30.2 Å². The van der Waals surface area contributed by atoms with Gasteiger partial charge in [-0.25, -0.2) is 4.79 Å². The SMILES string of the molecule is Cl.NC[C@H]1CCC[C@H]1C(=O)N(Cc1ccc(Cl)cc1)c1ccc2[nH]c(=O)[nH]c2c1. The summed E-state index contributed by atoms with van der Waals surface area (Å²) in [6.07, 6.45) is 2.88. The van der Waals surface area contributed by atoms with Crippen LogP contribution in [0.2, 0.25) is 5.02 Å². The van der Waals surface area contributed by atoms with Crippen molar-refractivity contribution in [3.63, 3.8) is 0 Å². The quantitative estimate of drug-likeness (QED) is 0.568. The van der Waals surface area contributed by atoms with Crippen LogP contribution in [0.15, 0.2) is 47.3 Å². The molecule has 3 aromatic rings. The first-order valence-corrected chi connectivity index (χ1v) is 9.91. The van der Waals surface area contributed by atoms with E-state index in [9.17, 15) is 9.59 Å². The molecule has 154 valence electrons. The minimum absolute atomic E-state index is 0. The van der Waals surface area contributed by atoms with Crippen LogP contribution in [-0.4, -0.2) is 22.4 Å². The highest BCUT2D eigenvalue weighted by molar-refractivity contribution is 6.30. The van der Waals surface area contributed by atoms with E-state index in [4.69, 9.17) is 17.3 Å². The molecule has 2 aromatic carbocycles. The van der Waals surface area contributed by atoms with E-state index < -0.39 is 0 Å². The van der Waals surface area contributed by atoms with Crippen molar-refractivity contribution in [2.45, 2.75) is 25.8 Å². The van der Waals surface area contributed by atoms with Crippen LogP contribution < -0.4 is 16.3 Å². The molecule has 1 aliphatic carbocycles. The number of nitrogens with one attached hydrogen (secondary N) is 2. The number of hydrogen-bond donors (Lipinski definition) is 3. The Balaban J connectivity index is 0.00000240. The molecule has 0 bridgehead atoms. The molecule has 1 aromatic heterocycles. The third-order valence-electron chi connectivity index (χ3n) is 5.61. The number of halogens is 2. The summed E-state index contributed by atoms with van der Waals surface area (Å²) in [5.41, 5.74) is 8.79. The molecule has 6 nitrogen and oxygen atoms in total. The van der Waals surface area contributed by atoms with Crippen LogP contribution in [0.3, 0.4) is 0 Å². The molecule has 0 unspecified atom stereocenters. The van der Waals surface area contributed by atoms with E-state index in [1.54, 1.807) is 4.90 Å². The van der Waals surface area contributed by atoms with Crippen LogP contribution in [0.25, 0.3) is 11.0 Å². The number of H-pyrrole nitrogens is 2. The number of rotatable bonds is 5. The summed E-state index contributed by atoms with van der Waals surface area (Å²) in [5, 5.41) is 0.659. The summed E-state index contributed by atoms with van der Waals surface area (Å²) >= 11 is 6.01. The average molecular weight is 435 g/mol. The Morgan fingerprint density at radius 2 is 1.83 bits per heavy atom.